The Hall–Kier alpha value is -3.80. The lowest BCUT2D eigenvalue weighted by molar-refractivity contribution is 0.0387. The van der Waals surface area contributed by atoms with Crippen LogP contribution in [0, 0.1) is 5.92 Å². The summed E-state index contributed by atoms with van der Waals surface area (Å²) in [5.41, 5.74) is 0.998. The number of carbonyl (C=O) groups is 2. The molecule has 10 nitrogen and oxygen atoms in total. The van der Waals surface area contributed by atoms with Gasteiger partial charge in [0, 0.05) is 43.2 Å². The Labute approximate surface area is 228 Å². The number of fused-ring (bicyclic) bond motifs is 1. The van der Waals surface area contributed by atoms with E-state index in [2.05, 4.69) is 10.3 Å². The molecule has 11 heteroatoms. The number of aliphatic hydroxyl groups is 1. The molecule has 2 heterocycles. The van der Waals surface area contributed by atoms with Gasteiger partial charge in [-0.2, -0.15) is 4.31 Å². The zero-order valence-corrected chi connectivity index (χ0v) is 22.8. The van der Waals surface area contributed by atoms with Gasteiger partial charge in [-0.15, -0.1) is 0 Å². The van der Waals surface area contributed by atoms with Crippen LogP contribution in [0.3, 0.4) is 0 Å². The van der Waals surface area contributed by atoms with Crippen LogP contribution in [-0.2, 0) is 10.0 Å². The van der Waals surface area contributed by atoms with Gasteiger partial charge < -0.3 is 20.1 Å². The minimum absolute atomic E-state index is 0.0356. The molecule has 3 atom stereocenters. The summed E-state index contributed by atoms with van der Waals surface area (Å²) in [6.45, 7) is 3.64. The predicted octanol–water partition coefficient (Wildman–Crippen LogP) is 2.87. The standard InChI is InChI=1S/C28H32N4O6S/c1-19-16-32(20(2)18-33)28(35)24-15-22(30-27(34)21-11-13-29-14-12-21)9-10-25(24)38-26(19)17-31(3)39(36,37)23-7-5-4-6-8-23/h4-15,19-20,26,33H,16-18H2,1-3H3,(H,30,34)/t19-,20+,26-/m0/s1. The Balaban J connectivity index is 1.65. The SMILES string of the molecule is C[C@H](CO)N1C[C@H](C)[C@H](CN(C)S(=O)(=O)c2ccccc2)Oc2ccc(NC(=O)c3ccncc3)cc2C1=O. The van der Waals surface area contributed by atoms with E-state index in [1.54, 1.807) is 54.3 Å². The summed E-state index contributed by atoms with van der Waals surface area (Å²) in [5, 5.41) is 12.7. The van der Waals surface area contributed by atoms with Crippen molar-refractivity contribution in [3.05, 3.63) is 84.2 Å². The maximum atomic E-state index is 13.6. The van der Waals surface area contributed by atoms with Gasteiger partial charge in [0.1, 0.15) is 11.9 Å². The van der Waals surface area contributed by atoms with Crippen LogP contribution in [0.4, 0.5) is 5.69 Å². The number of nitrogens with zero attached hydrogens (tertiary/aromatic N) is 3. The second-order valence-corrected chi connectivity index (χ2v) is 11.7. The number of aromatic nitrogens is 1. The third-order valence-electron chi connectivity index (χ3n) is 6.75. The minimum atomic E-state index is -3.77. The van der Waals surface area contributed by atoms with Crippen LogP contribution in [0.1, 0.15) is 34.6 Å². The summed E-state index contributed by atoms with van der Waals surface area (Å²) in [6.07, 6.45) is 2.42. The van der Waals surface area contributed by atoms with Crippen LogP contribution < -0.4 is 10.1 Å². The first-order valence-corrected chi connectivity index (χ1v) is 14.0. The van der Waals surface area contributed by atoms with Crippen molar-refractivity contribution in [3.8, 4) is 5.75 Å². The molecular weight excluding hydrogens is 520 g/mol. The molecule has 0 saturated heterocycles. The van der Waals surface area contributed by atoms with Crippen LogP contribution >= 0.6 is 0 Å². The van der Waals surface area contributed by atoms with Gasteiger partial charge in [0.2, 0.25) is 10.0 Å². The van der Waals surface area contributed by atoms with Crippen LogP contribution in [0.25, 0.3) is 0 Å². The fraction of sp³-hybridized carbons (Fsp3) is 0.321. The average molecular weight is 553 g/mol. The number of hydrogen-bond acceptors (Lipinski definition) is 7. The summed E-state index contributed by atoms with van der Waals surface area (Å²) < 4.78 is 33.9. The maximum Gasteiger partial charge on any atom is 0.258 e. The van der Waals surface area contributed by atoms with Crippen LogP contribution in [0.15, 0.2) is 78.0 Å². The highest BCUT2D eigenvalue weighted by Gasteiger charge is 2.35. The molecule has 4 rings (SSSR count). The second kappa shape index (κ2) is 11.9. The Morgan fingerprint density at radius 2 is 1.87 bits per heavy atom. The molecule has 0 bridgehead atoms. The van der Waals surface area contributed by atoms with E-state index in [1.165, 1.54) is 41.9 Å². The maximum absolute atomic E-state index is 13.6. The highest BCUT2D eigenvalue weighted by atomic mass is 32.2. The number of carbonyl (C=O) groups excluding carboxylic acids is 2. The highest BCUT2D eigenvalue weighted by Crippen LogP contribution is 2.31. The zero-order chi connectivity index (χ0) is 28.2. The molecule has 0 unspecified atom stereocenters. The summed E-state index contributed by atoms with van der Waals surface area (Å²) in [4.78, 5) is 31.9. The lowest BCUT2D eigenvalue weighted by Crippen LogP contribution is -2.50. The van der Waals surface area contributed by atoms with Gasteiger partial charge in [-0.3, -0.25) is 14.6 Å². The normalized spacial score (nSPS) is 18.5. The molecule has 1 aliphatic rings. The number of ether oxygens (including phenoxy) is 1. The molecule has 2 aromatic carbocycles. The smallest absolute Gasteiger partial charge is 0.258 e. The van der Waals surface area contributed by atoms with Gasteiger partial charge in [0.05, 0.1) is 29.7 Å². The van der Waals surface area contributed by atoms with E-state index < -0.39 is 22.2 Å². The molecule has 2 amide bonds. The number of amides is 2. The van der Waals surface area contributed by atoms with Gasteiger partial charge >= 0.3 is 0 Å². The van der Waals surface area contributed by atoms with Crippen LogP contribution in [0.5, 0.6) is 5.75 Å². The summed E-state index contributed by atoms with van der Waals surface area (Å²) >= 11 is 0. The van der Waals surface area contributed by atoms with Crippen molar-refractivity contribution in [3.63, 3.8) is 0 Å². The summed E-state index contributed by atoms with van der Waals surface area (Å²) in [7, 11) is -2.28. The molecule has 0 radical (unpaired) electrons. The number of benzene rings is 2. The Morgan fingerprint density at radius 3 is 2.54 bits per heavy atom. The number of sulfonamides is 1. The highest BCUT2D eigenvalue weighted by molar-refractivity contribution is 7.89. The molecule has 206 valence electrons. The molecule has 0 fully saturated rings. The van der Waals surface area contributed by atoms with Crippen molar-refractivity contribution < 1.29 is 27.9 Å². The Kier molecular flexibility index (Phi) is 8.63. The molecule has 0 aliphatic carbocycles. The largest absolute Gasteiger partial charge is 0.488 e. The van der Waals surface area contributed by atoms with E-state index >= 15 is 0 Å². The van der Waals surface area contributed by atoms with E-state index in [1.807, 2.05) is 6.92 Å². The monoisotopic (exact) mass is 552 g/mol. The number of pyridine rings is 1. The molecule has 2 N–H and O–H groups in total. The predicted molar refractivity (Wildman–Crippen MR) is 146 cm³/mol. The lowest BCUT2D eigenvalue weighted by Gasteiger charge is -2.38. The average Bonchev–Trinajstić information content (AvgIpc) is 2.95. The first kappa shape index (κ1) is 28.2. The number of rotatable bonds is 8. The first-order chi connectivity index (χ1) is 18.6. The second-order valence-electron chi connectivity index (χ2n) is 9.62. The fourth-order valence-corrected chi connectivity index (χ4v) is 5.55. The molecule has 0 spiro atoms. The molecule has 39 heavy (non-hydrogen) atoms. The van der Waals surface area contributed by atoms with Crippen molar-refractivity contribution in [2.24, 2.45) is 5.92 Å². The third kappa shape index (κ3) is 6.27. The first-order valence-electron chi connectivity index (χ1n) is 12.6. The molecule has 3 aromatic rings. The van der Waals surface area contributed by atoms with Gasteiger partial charge in [0.15, 0.2) is 0 Å². The molecular formula is C28H32N4O6S. The van der Waals surface area contributed by atoms with Gasteiger partial charge in [0.25, 0.3) is 11.8 Å². The minimum Gasteiger partial charge on any atom is -0.488 e. The van der Waals surface area contributed by atoms with E-state index in [9.17, 15) is 23.1 Å². The molecule has 1 aliphatic heterocycles. The third-order valence-corrected chi connectivity index (χ3v) is 8.59. The Morgan fingerprint density at radius 1 is 1.18 bits per heavy atom. The number of anilines is 1. The fourth-order valence-electron chi connectivity index (χ4n) is 4.35. The number of likely N-dealkylation sites (N-methyl/N-ethyl adjacent to an activating group) is 1. The summed E-state index contributed by atoms with van der Waals surface area (Å²) in [5.74, 6) is -0.729. The molecule has 1 aromatic heterocycles. The zero-order valence-electron chi connectivity index (χ0n) is 22.0. The van der Waals surface area contributed by atoms with Crippen LogP contribution in [0.2, 0.25) is 0 Å². The van der Waals surface area contributed by atoms with E-state index in [0.29, 0.717) is 11.3 Å². The quantitative estimate of drug-likeness (QED) is 0.440. The van der Waals surface area contributed by atoms with Crippen molar-refractivity contribution in [2.45, 2.75) is 30.9 Å². The summed E-state index contributed by atoms with van der Waals surface area (Å²) in [6, 6.07) is 15.6. The Bertz CT molecular complexity index is 1420. The molecule has 0 saturated carbocycles. The number of nitrogens with one attached hydrogen (secondary N) is 1. The number of aliphatic hydroxyl groups excluding tert-OH is 1. The topological polar surface area (TPSA) is 129 Å². The number of hydrogen-bond donors (Lipinski definition) is 2. The lowest BCUT2D eigenvalue weighted by atomic mass is 9.99. The van der Waals surface area contributed by atoms with Gasteiger partial charge in [-0.25, -0.2) is 8.42 Å². The van der Waals surface area contributed by atoms with Crippen molar-refractivity contribution in [1.29, 1.82) is 0 Å². The van der Waals surface area contributed by atoms with E-state index in [0.717, 1.165) is 0 Å². The van der Waals surface area contributed by atoms with Crippen molar-refractivity contribution >= 4 is 27.5 Å². The van der Waals surface area contributed by atoms with Gasteiger partial charge in [-0.05, 0) is 49.4 Å². The van der Waals surface area contributed by atoms with Crippen LogP contribution in [-0.4, -0.2) is 78.4 Å². The van der Waals surface area contributed by atoms with Gasteiger partial charge in [-0.1, -0.05) is 25.1 Å². The van der Waals surface area contributed by atoms with Crippen molar-refractivity contribution in [2.75, 3.05) is 32.1 Å². The van der Waals surface area contributed by atoms with E-state index in [4.69, 9.17) is 4.74 Å². The van der Waals surface area contributed by atoms with E-state index in [-0.39, 0.29) is 53.6 Å². The van der Waals surface area contributed by atoms with Crippen molar-refractivity contribution in [1.82, 2.24) is 14.2 Å².